The summed E-state index contributed by atoms with van der Waals surface area (Å²) in [6.45, 7) is 3.96. The van der Waals surface area contributed by atoms with Crippen LogP contribution in [-0.4, -0.2) is 31.1 Å². The van der Waals surface area contributed by atoms with Gasteiger partial charge in [0.1, 0.15) is 11.9 Å². The summed E-state index contributed by atoms with van der Waals surface area (Å²) in [6.07, 6.45) is 7.24. The number of nitrogens with one attached hydrogen (secondary N) is 1. The highest BCUT2D eigenvalue weighted by Gasteiger charge is 2.25. The molecule has 1 N–H and O–H groups in total. The third-order valence-electron chi connectivity index (χ3n) is 4.89. The number of amides is 1. The molecule has 1 aliphatic carbocycles. The second-order valence-electron chi connectivity index (χ2n) is 6.83. The maximum Gasteiger partial charge on any atom is 0.331 e. The summed E-state index contributed by atoms with van der Waals surface area (Å²) >= 11 is 0. The van der Waals surface area contributed by atoms with Crippen molar-refractivity contribution in [2.45, 2.75) is 58.1 Å². The zero-order valence-corrected chi connectivity index (χ0v) is 15.9. The van der Waals surface area contributed by atoms with E-state index in [0.717, 1.165) is 43.4 Å². The molecule has 26 heavy (non-hydrogen) atoms. The number of ether oxygens (including phenoxy) is 2. The molecule has 1 unspecified atom stereocenters. The van der Waals surface area contributed by atoms with Gasteiger partial charge in [0.2, 0.25) is 5.91 Å². The van der Waals surface area contributed by atoms with E-state index in [9.17, 15) is 9.59 Å². The highest BCUT2D eigenvalue weighted by atomic mass is 16.5. The van der Waals surface area contributed by atoms with Gasteiger partial charge in [0.15, 0.2) is 0 Å². The van der Waals surface area contributed by atoms with Crippen molar-refractivity contribution >= 4 is 18.0 Å². The molecule has 0 radical (unpaired) electrons. The summed E-state index contributed by atoms with van der Waals surface area (Å²) < 4.78 is 10.6. The third kappa shape index (κ3) is 6.21. The number of carbonyl (C=O) groups is 2. The molecule has 5 heteroatoms. The molecule has 1 fully saturated rings. The minimum atomic E-state index is -0.326. The van der Waals surface area contributed by atoms with Crippen LogP contribution in [0.25, 0.3) is 6.08 Å². The van der Waals surface area contributed by atoms with Crippen LogP contribution in [0.2, 0.25) is 0 Å². The number of hydrogen-bond acceptors (Lipinski definition) is 4. The van der Waals surface area contributed by atoms with Crippen molar-refractivity contribution in [3.8, 4) is 5.75 Å². The highest BCUT2D eigenvalue weighted by Crippen LogP contribution is 2.22. The lowest BCUT2D eigenvalue weighted by atomic mass is 9.92. The Morgan fingerprint density at radius 1 is 1.19 bits per heavy atom. The molecule has 1 aromatic carbocycles. The zero-order valence-electron chi connectivity index (χ0n) is 15.9. The average molecular weight is 359 g/mol. The van der Waals surface area contributed by atoms with Crippen molar-refractivity contribution in [2.75, 3.05) is 7.11 Å². The Morgan fingerprint density at radius 3 is 2.42 bits per heavy atom. The molecule has 0 saturated heterocycles. The van der Waals surface area contributed by atoms with Crippen LogP contribution in [-0.2, 0) is 14.3 Å². The smallest absolute Gasteiger partial charge is 0.331 e. The maximum atomic E-state index is 12.0. The summed E-state index contributed by atoms with van der Waals surface area (Å²) in [5, 5.41) is 3.10. The van der Waals surface area contributed by atoms with Crippen molar-refractivity contribution in [3.05, 3.63) is 35.9 Å². The molecular weight excluding hydrogens is 330 g/mol. The fourth-order valence-corrected chi connectivity index (χ4v) is 2.94. The summed E-state index contributed by atoms with van der Waals surface area (Å²) in [5.41, 5.74) is 0.916. The van der Waals surface area contributed by atoms with Crippen LogP contribution in [0.4, 0.5) is 0 Å². The predicted octanol–water partition coefficient (Wildman–Crippen LogP) is 3.73. The minimum Gasteiger partial charge on any atom is -0.497 e. The normalized spacial score (nSPS) is 21.2. The molecule has 1 aromatic rings. The van der Waals surface area contributed by atoms with E-state index in [4.69, 9.17) is 9.47 Å². The first-order valence-electron chi connectivity index (χ1n) is 9.35. The first-order chi connectivity index (χ1) is 12.5. The Balaban J connectivity index is 1.73. The van der Waals surface area contributed by atoms with Crippen molar-refractivity contribution in [2.24, 2.45) is 5.92 Å². The van der Waals surface area contributed by atoms with Gasteiger partial charge in [-0.2, -0.15) is 0 Å². The second kappa shape index (κ2) is 10.00. The van der Waals surface area contributed by atoms with Crippen LogP contribution < -0.4 is 10.1 Å². The highest BCUT2D eigenvalue weighted by molar-refractivity contribution is 5.87. The number of benzene rings is 1. The Morgan fingerprint density at radius 2 is 1.85 bits per heavy atom. The van der Waals surface area contributed by atoms with Crippen LogP contribution in [0, 0.1) is 5.92 Å². The first kappa shape index (κ1) is 20.0. The molecule has 5 nitrogen and oxygen atoms in total. The molecule has 1 saturated carbocycles. The van der Waals surface area contributed by atoms with Gasteiger partial charge in [-0.15, -0.1) is 0 Å². The summed E-state index contributed by atoms with van der Waals surface area (Å²) in [6, 6.07) is 7.66. The Bertz CT molecular complexity index is 615. The molecule has 0 aromatic heterocycles. The van der Waals surface area contributed by atoms with Crippen molar-refractivity contribution in [1.29, 1.82) is 0 Å². The van der Waals surface area contributed by atoms with Gasteiger partial charge in [-0.3, -0.25) is 4.79 Å². The van der Waals surface area contributed by atoms with Crippen molar-refractivity contribution in [3.63, 3.8) is 0 Å². The van der Waals surface area contributed by atoms with E-state index in [1.165, 1.54) is 6.08 Å². The summed E-state index contributed by atoms with van der Waals surface area (Å²) in [7, 11) is 1.62. The predicted molar refractivity (Wildman–Crippen MR) is 102 cm³/mol. The van der Waals surface area contributed by atoms with Gasteiger partial charge < -0.3 is 14.8 Å². The van der Waals surface area contributed by atoms with Gasteiger partial charge >= 0.3 is 5.97 Å². The molecule has 0 aliphatic heterocycles. The number of rotatable bonds is 7. The molecule has 142 valence electrons. The molecule has 0 heterocycles. The molecule has 2 rings (SSSR count). The topological polar surface area (TPSA) is 64.6 Å². The lowest BCUT2D eigenvalue weighted by Crippen LogP contribution is -2.41. The lowest BCUT2D eigenvalue weighted by Gasteiger charge is -2.29. The van der Waals surface area contributed by atoms with Crippen LogP contribution in [0.5, 0.6) is 5.75 Å². The van der Waals surface area contributed by atoms with E-state index in [2.05, 4.69) is 5.32 Å². The minimum absolute atomic E-state index is 0.0497. The summed E-state index contributed by atoms with van der Waals surface area (Å²) in [4.78, 5) is 23.9. The Kier molecular flexibility index (Phi) is 7.70. The van der Waals surface area contributed by atoms with Crippen molar-refractivity contribution in [1.82, 2.24) is 5.32 Å². The second-order valence-corrected chi connectivity index (χ2v) is 6.83. The van der Waals surface area contributed by atoms with E-state index in [1.54, 1.807) is 13.2 Å². The maximum absolute atomic E-state index is 12.0. The van der Waals surface area contributed by atoms with Crippen LogP contribution >= 0.6 is 0 Å². The van der Waals surface area contributed by atoms with Crippen LogP contribution in [0.15, 0.2) is 30.3 Å². The monoisotopic (exact) mass is 359 g/mol. The molecule has 0 spiro atoms. The Hall–Kier alpha value is -2.30. The largest absolute Gasteiger partial charge is 0.497 e. The number of carbonyl (C=O) groups excluding carboxylic acids is 2. The third-order valence-corrected chi connectivity index (χ3v) is 4.89. The van der Waals surface area contributed by atoms with Crippen LogP contribution in [0.3, 0.4) is 0 Å². The molecule has 1 aliphatic rings. The fraction of sp³-hybridized carbons (Fsp3) is 0.524. The quantitative estimate of drug-likeness (QED) is 0.595. The number of esters is 1. The Labute approximate surface area is 155 Å². The van der Waals surface area contributed by atoms with E-state index in [-0.39, 0.29) is 29.9 Å². The van der Waals surface area contributed by atoms with E-state index in [0.29, 0.717) is 0 Å². The first-order valence-corrected chi connectivity index (χ1v) is 9.35. The molecule has 1 atom stereocenters. The van der Waals surface area contributed by atoms with Gasteiger partial charge in [-0.05, 0) is 55.9 Å². The van der Waals surface area contributed by atoms with Gasteiger partial charge in [-0.1, -0.05) is 26.0 Å². The van der Waals surface area contributed by atoms with E-state index in [1.807, 2.05) is 38.1 Å². The number of methoxy groups -OCH3 is 1. The van der Waals surface area contributed by atoms with Gasteiger partial charge in [0.05, 0.1) is 7.11 Å². The fourth-order valence-electron chi connectivity index (χ4n) is 2.94. The standard InChI is InChI=1S/C21H29NO4/c1-4-15(2)21(24)22-17-8-12-19(13-9-17)26-20(23)14-7-16-5-10-18(25-3)11-6-16/h5-7,10-11,14-15,17,19H,4,8-9,12-13H2,1-3H3,(H,22,24)/b14-7+. The van der Waals surface area contributed by atoms with Gasteiger partial charge in [-0.25, -0.2) is 4.79 Å². The molecular formula is C21H29NO4. The van der Waals surface area contributed by atoms with Gasteiger partial charge in [0.25, 0.3) is 0 Å². The van der Waals surface area contributed by atoms with Crippen LogP contribution in [0.1, 0.15) is 51.5 Å². The van der Waals surface area contributed by atoms with E-state index >= 15 is 0 Å². The summed E-state index contributed by atoms with van der Waals surface area (Å²) in [5.74, 6) is 0.624. The molecule has 0 bridgehead atoms. The zero-order chi connectivity index (χ0) is 18.9. The van der Waals surface area contributed by atoms with E-state index < -0.39 is 0 Å². The van der Waals surface area contributed by atoms with Gasteiger partial charge in [0, 0.05) is 18.0 Å². The molecule has 1 amide bonds. The van der Waals surface area contributed by atoms with Crippen molar-refractivity contribution < 1.29 is 19.1 Å². The SMILES string of the molecule is CCC(C)C(=O)NC1CCC(OC(=O)/C=C/c2ccc(OC)cc2)CC1. The average Bonchev–Trinajstić information content (AvgIpc) is 2.67. The number of hydrogen-bond donors (Lipinski definition) is 1. The lowest BCUT2D eigenvalue weighted by molar-refractivity contribution is -0.144.